The van der Waals surface area contributed by atoms with Crippen molar-refractivity contribution in [1.29, 1.82) is 0 Å². The quantitative estimate of drug-likeness (QED) is 0.375. The van der Waals surface area contributed by atoms with Gasteiger partial charge in [0, 0.05) is 24.9 Å². The molecule has 3 nitrogen and oxygen atoms in total. The molecule has 4 rings (SSSR count). The molecule has 4 aromatic rings. The normalized spacial score (nSPS) is 11.9. The van der Waals surface area contributed by atoms with Gasteiger partial charge in [0.05, 0.1) is 12.9 Å². The van der Waals surface area contributed by atoms with Crippen molar-refractivity contribution in [2.24, 2.45) is 0 Å². The van der Waals surface area contributed by atoms with Crippen molar-refractivity contribution < 1.29 is 9.13 Å². The molecule has 0 fully saturated rings. The predicted molar refractivity (Wildman–Crippen MR) is 113 cm³/mol. The molecular formula is C25H23FN2O. The minimum atomic E-state index is -0.256. The first kappa shape index (κ1) is 18.9. The van der Waals surface area contributed by atoms with Crippen LogP contribution >= 0.6 is 0 Å². The van der Waals surface area contributed by atoms with Crippen LogP contribution in [0.4, 0.5) is 4.39 Å². The van der Waals surface area contributed by atoms with Crippen LogP contribution in [0.5, 0.6) is 5.75 Å². The first-order valence-corrected chi connectivity index (χ1v) is 9.77. The van der Waals surface area contributed by atoms with Crippen LogP contribution in [0.15, 0.2) is 97.6 Å². The third-order valence-corrected chi connectivity index (χ3v) is 5.03. The van der Waals surface area contributed by atoms with E-state index >= 15 is 0 Å². The molecule has 3 aromatic carbocycles. The number of hydrogen-bond donors (Lipinski definition) is 0. The van der Waals surface area contributed by atoms with Crippen LogP contribution in [-0.2, 0) is 6.54 Å². The lowest BCUT2D eigenvalue weighted by atomic mass is 9.93. The zero-order chi connectivity index (χ0) is 19.9. The fourth-order valence-electron chi connectivity index (χ4n) is 3.44. The zero-order valence-electron chi connectivity index (χ0n) is 16.1. The molecule has 4 heteroatoms. The lowest BCUT2D eigenvalue weighted by Gasteiger charge is -2.19. The van der Waals surface area contributed by atoms with Gasteiger partial charge in [-0.1, -0.05) is 54.6 Å². The van der Waals surface area contributed by atoms with Crippen molar-refractivity contribution in [3.05, 3.63) is 109 Å². The van der Waals surface area contributed by atoms with Gasteiger partial charge in [0.1, 0.15) is 11.6 Å². The minimum Gasteiger partial charge on any atom is -0.494 e. The Morgan fingerprint density at radius 3 is 2.28 bits per heavy atom. The van der Waals surface area contributed by atoms with Gasteiger partial charge in [0.15, 0.2) is 0 Å². The highest BCUT2D eigenvalue weighted by Crippen LogP contribution is 2.26. The molecule has 1 unspecified atom stereocenters. The Balaban J connectivity index is 1.46. The van der Waals surface area contributed by atoms with Gasteiger partial charge < -0.3 is 9.30 Å². The summed E-state index contributed by atoms with van der Waals surface area (Å²) >= 11 is 0. The number of hydrogen-bond acceptors (Lipinski definition) is 2. The van der Waals surface area contributed by atoms with E-state index in [-0.39, 0.29) is 11.7 Å². The number of halogens is 1. The van der Waals surface area contributed by atoms with E-state index in [4.69, 9.17) is 4.74 Å². The van der Waals surface area contributed by atoms with Gasteiger partial charge in [0.2, 0.25) is 0 Å². The van der Waals surface area contributed by atoms with Gasteiger partial charge in [0.25, 0.3) is 0 Å². The average molecular weight is 386 g/mol. The van der Waals surface area contributed by atoms with Crippen LogP contribution in [0.25, 0.3) is 11.1 Å². The molecule has 1 atom stereocenters. The number of benzene rings is 3. The summed E-state index contributed by atoms with van der Waals surface area (Å²) in [5.74, 6) is 0.718. The number of ether oxygens (including phenoxy) is 1. The second kappa shape index (κ2) is 9.20. The van der Waals surface area contributed by atoms with Crippen LogP contribution < -0.4 is 4.74 Å². The Morgan fingerprint density at radius 1 is 0.862 bits per heavy atom. The molecule has 1 heterocycles. The Kier molecular flexibility index (Phi) is 6.01. The summed E-state index contributed by atoms with van der Waals surface area (Å²) in [5.41, 5.74) is 3.68. The van der Waals surface area contributed by atoms with Crippen LogP contribution in [0.2, 0.25) is 0 Å². The van der Waals surface area contributed by atoms with Crippen molar-refractivity contribution in [3.63, 3.8) is 0 Å². The first-order chi connectivity index (χ1) is 14.3. The largest absolute Gasteiger partial charge is 0.494 e. The Bertz CT molecular complexity index is 997. The molecule has 0 saturated heterocycles. The molecule has 0 saturated carbocycles. The van der Waals surface area contributed by atoms with Gasteiger partial charge in [-0.15, -0.1) is 0 Å². The highest BCUT2D eigenvalue weighted by atomic mass is 19.1. The summed E-state index contributed by atoms with van der Waals surface area (Å²) in [7, 11) is 0. The summed E-state index contributed by atoms with van der Waals surface area (Å²) in [6.45, 7) is 1.39. The molecule has 0 aliphatic rings. The molecule has 0 bridgehead atoms. The van der Waals surface area contributed by atoms with E-state index in [1.807, 2.05) is 18.6 Å². The minimum absolute atomic E-state index is 0.256. The van der Waals surface area contributed by atoms with Crippen LogP contribution in [0.1, 0.15) is 17.9 Å². The summed E-state index contributed by atoms with van der Waals surface area (Å²) in [5, 5.41) is 0. The third-order valence-electron chi connectivity index (χ3n) is 5.03. The first-order valence-electron chi connectivity index (χ1n) is 9.77. The van der Waals surface area contributed by atoms with Crippen LogP contribution in [0.3, 0.4) is 0 Å². The van der Waals surface area contributed by atoms with E-state index in [9.17, 15) is 4.39 Å². The third kappa shape index (κ3) is 5.11. The van der Waals surface area contributed by atoms with E-state index < -0.39 is 0 Å². The summed E-state index contributed by atoms with van der Waals surface area (Å²) < 4.78 is 21.0. The topological polar surface area (TPSA) is 27.1 Å². The number of imidazole rings is 1. The Morgan fingerprint density at radius 2 is 1.59 bits per heavy atom. The van der Waals surface area contributed by atoms with E-state index in [1.54, 1.807) is 18.3 Å². The molecule has 0 N–H and O–H groups in total. The molecule has 29 heavy (non-hydrogen) atoms. The van der Waals surface area contributed by atoms with Crippen molar-refractivity contribution in [3.8, 4) is 16.9 Å². The highest BCUT2D eigenvalue weighted by molar-refractivity contribution is 5.63. The number of rotatable bonds is 8. The molecule has 1 aromatic heterocycles. The second-order valence-electron chi connectivity index (χ2n) is 7.04. The Labute approximate surface area is 170 Å². The summed E-state index contributed by atoms with van der Waals surface area (Å²) in [4.78, 5) is 4.16. The lowest BCUT2D eigenvalue weighted by molar-refractivity contribution is 0.290. The van der Waals surface area contributed by atoms with Crippen molar-refractivity contribution in [2.75, 3.05) is 6.61 Å². The van der Waals surface area contributed by atoms with E-state index in [0.29, 0.717) is 12.4 Å². The number of nitrogens with zero attached hydrogens (tertiary/aromatic N) is 2. The van der Waals surface area contributed by atoms with E-state index in [1.165, 1.54) is 28.8 Å². The standard InChI is InChI=1S/C25H23FN2O/c26-24-10-12-25(13-11-24)29-17-14-23(18-28-16-15-27-19-28)22-8-6-21(7-9-22)20-4-2-1-3-5-20/h1-13,15-16,19,23H,14,17-18H2. The van der Waals surface area contributed by atoms with Crippen LogP contribution in [-0.4, -0.2) is 16.2 Å². The monoisotopic (exact) mass is 386 g/mol. The van der Waals surface area contributed by atoms with Gasteiger partial charge >= 0.3 is 0 Å². The smallest absolute Gasteiger partial charge is 0.123 e. The fraction of sp³-hybridized carbons (Fsp3) is 0.160. The molecule has 0 spiro atoms. The molecule has 0 aliphatic heterocycles. The van der Waals surface area contributed by atoms with Gasteiger partial charge in [-0.2, -0.15) is 0 Å². The summed E-state index contributed by atoms with van der Waals surface area (Å²) in [6.07, 6.45) is 6.46. The Hall–Kier alpha value is -3.40. The lowest BCUT2D eigenvalue weighted by Crippen LogP contribution is -2.12. The zero-order valence-corrected chi connectivity index (χ0v) is 16.1. The molecule has 146 valence electrons. The van der Waals surface area contributed by atoms with E-state index in [2.05, 4.69) is 58.1 Å². The van der Waals surface area contributed by atoms with Crippen molar-refractivity contribution >= 4 is 0 Å². The molecule has 0 amide bonds. The van der Waals surface area contributed by atoms with Crippen LogP contribution in [0, 0.1) is 5.82 Å². The predicted octanol–water partition coefficient (Wildman–Crippen LogP) is 5.94. The number of aromatic nitrogens is 2. The SMILES string of the molecule is Fc1ccc(OCCC(Cn2ccnc2)c2ccc(-c3ccccc3)cc2)cc1. The van der Waals surface area contributed by atoms with Crippen molar-refractivity contribution in [2.45, 2.75) is 18.9 Å². The maximum Gasteiger partial charge on any atom is 0.123 e. The molecule has 0 radical (unpaired) electrons. The second-order valence-corrected chi connectivity index (χ2v) is 7.04. The van der Waals surface area contributed by atoms with E-state index in [0.717, 1.165) is 13.0 Å². The van der Waals surface area contributed by atoms with Gasteiger partial charge in [-0.25, -0.2) is 9.37 Å². The maximum absolute atomic E-state index is 13.1. The summed E-state index contributed by atoms with van der Waals surface area (Å²) in [6, 6.07) is 25.3. The van der Waals surface area contributed by atoms with Gasteiger partial charge in [-0.3, -0.25) is 0 Å². The fourth-order valence-corrected chi connectivity index (χ4v) is 3.44. The maximum atomic E-state index is 13.1. The highest BCUT2D eigenvalue weighted by Gasteiger charge is 2.13. The van der Waals surface area contributed by atoms with Crippen molar-refractivity contribution in [1.82, 2.24) is 9.55 Å². The molecular weight excluding hydrogens is 363 g/mol. The van der Waals surface area contributed by atoms with Gasteiger partial charge in [-0.05, 0) is 47.4 Å². The molecule has 0 aliphatic carbocycles. The average Bonchev–Trinajstić information content (AvgIpc) is 3.28.